The summed E-state index contributed by atoms with van der Waals surface area (Å²) in [5.74, 6) is -1.26. The molecule has 0 aliphatic rings. The molecule has 0 saturated heterocycles. The van der Waals surface area contributed by atoms with Crippen LogP contribution in [0.15, 0.2) is 41.6 Å². The standard InChI is InChI=1S/C14H12F3NO4S/c1-22-13(19)9-7-12(23(2,20)21)11(18-5-3-4-6-18)8-10(9)14(15,16)17/h3-8H,1-2H3. The predicted molar refractivity (Wildman–Crippen MR) is 75.2 cm³/mol. The first-order valence-electron chi connectivity index (χ1n) is 6.22. The summed E-state index contributed by atoms with van der Waals surface area (Å²) in [5.41, 5.74) is -2.31. The van der Waals surface area contributed by atoms with Gasteiger partial charge < -0.3 is 9.30 Å². The number of hydrogen-bond acceptors (Lipinski definition) is 4. The molecule has 0 aliphatic carbocycles. The van der Waals surface area contributed by atoms with E-state index in [2.05, 4.69) is 4.74 Å². The lowest BCUT2D eigenvalue weighted by Crippen LogP contribution is -2.17. The maximum Gasteiger partial charge on any atom is 0.417 e. The number of carbonyl (C=O) groups is 1. The topological polar surface area (TPSA) is 65.4 Å². The number of halogens is 3. The van der Waals surface area contributed by atoms with E-state index >= 15 is 0 Å². The van der Waals surface area contributed by atoms with Gasteiger partial charge in [-0.2, -0.15) is 13.2 Å². The second kappa shape index (κ2) is 5.73. The molecule has 2 rings (SSSR count). The quantitative estimate of drug-likeness (QED) is 0.801. The van der Waals surface area contributed by atoms with E-state index in [1.807, 2.05) is 0 Å². The van der Waals surface area contributed by atoms with Crippen molar-refractivity contribution in [1.29, 1.82) is 0 Å². The van der Waals surface area contributed by atoms with Gasteiger partial charge >= 0.3 is 12.1 Å². The number of ether oxygens (including phenoxy) is 1. The highest BCUT2D eigenvalue weighted by molar-refractivity contribution is 7.90. The molecule has 5 nitrogen and oxygen atoms in total. The first-order valence-corrected chi connectivity index (χ1v) is 8.12. The number of nitrogens with zero attached hydrogens (tertiary/aromatic N) is 1. The highest BCUT2D eigenvalue weighted by atomic mass is 32.2. The largest absolute Gasteiger partial charge is 0.465 e. The summed E-state index contributed by atoms with van der Waals surface area (Å²) < 4.78 is 69.1. The fraction of sp³-hybridized carbons (Fsp3) is 0.214. The second-order valence-electron chi connectivity index (χ2n) is 4.72. The van der Waals surface area contributed by atoms with Crippen molar-refractivity contribution in [1.82, 2.24) is 4.57 Å². The van der Waals surface area contributed by atoms with Gasteiger partial charge in [0.25, 0.3) is 0 Å². The molecular weight excluding hydrogens is 335 g/mol. The third kappa shape index (κ3) is 3.39. The minimum absolute atomic E-state index is 0.197. The molecule has 1 heterocycles. The number of alkyl halides is 3. The number of rotatable bonds is 3. The smallest absolute Gasteiger partial charge is 0.417 e. The lowest BCUT2D eigenvalue weighted by molar-refractivity contribution is -0.138. The Balaban J connectivity index is 2.90. The fourth-order valence-electron chi connectivity index (χ4n) is 2.08. The van der Waals surface area contributed by atoms with E-state index in [1.54, 1.807) is 0 Å². The van der Waals surface area contributed by atoms with E-state index in [0.717, 1.165) is 13.4 Å². The van der Waals surface area contributed by atoms with E-state index in [-0.39, 0.29) is 5.69 Å². The van der Waals surface area contributed by atoms with Crippen molar-refractivity contribution in [2.24, 2.45) is 0 Å². The minimum Gasteiger partial charge on any atom is -0.465 e. The van der Waals surface area contributed by atoms with Crippen molar-refractivity contribution in [3.05, 3.63) is 47.8 Å². The van der Waals surface area contributed by atoms with Gasteiger partial charge in [0, 0.05) is 18.6 Å². The van der Waals surface area contributed by atoms with Crippen molar-refractivity contribution >= 4 is 15.8 Å². The summed E-state index contributed by atoms with van der Waals surface area (Å²) in [5, 5.41) is 0. The van der Waals surface area contributed by atoms with Crippen LogP contribution in [0, 0.1) is 0 Å². The zero-order valence-electron chi connectivity index (χ0n) is 12.1. The van der Waals surface area contributed by atoms with Crippen LogP contribution in [-0.2, 0) is 20.8 Å². The lowest BCUT2D eigenvalue weighted by atomic mass is 10.1. The molecule has 0 spiro atoms. The Kier molecular flexibility index (Phi) is 4.25. The van der Waals surface area contributed by atoms with Gasteiger partial charge in [-0.05, 0) is 24.3 Å². The van der Waals surface area contributed by atoms with Crippen LogP contribution in [0.3, 0.4) is 0 Å². The Morgan fingerprint density at radius 2 is 1.74 bits per heavy atom. The van der Waals surface area contributed by atoms with Crippen molar-refractivity contribution in [3.63, 3.8) is 0 Å². The van der Waals surface area contributed by atoms with E-state index in [1.165, 1.54) is 29.1 Å². The average molecular weight is 347 g/mol. The Hall–Kier alpha value is -2.29. The molecule has 0 aliphatic heterocycles. The van der Waals surface area contributed by atoms with Crippen LogP contribution in [-0.4, -0.2) is 32.3 Å². The summed E-state index contributed by atoms with van der Waals surface area (Å²) in [6.45, 7) is 0. The average Bonchev–Trinajstić information content (AvgIpc) is 2.97. The molecule has 0 amide bonds. The van der Waals surface area contributed by atoms with Gasteiger partial charge in [-0.25, -0.2) is 13.2 Å². The van der Waals surface area contributed by atoms with Crippen molar-refractivity contribution in [2.45, 2.75) is 11.1 Å². The highest BCUT2D eigenvalue weighted by Crippen LogP contribution is 2.36. The molecule has 23 heavy (non-hydrogen) atoms. The molecule has 0 saturated carbocycles. The molecule has 0 unspecified atom stereocenters. The first-order chi connectivity index (χ1) is 10.6. The molecule has 124 valence electrons. The maximum absolute atomic E-state index is 13.2. The van der Waals surface area contributed by atoms with Gasteiger partial charge in [-0.15, -0.1) is 0 Å². The van der Waals surface area contributed by atoms with Crippen LogP contribution < -0.4 is 0 Å². The number of carbonyl (C=O) groups excluding carboxylic acids is 1. The summed E-state index contributed by atoms with van der Waals surface area (Å²) in [7, 11) is -2.96. The molecule has 9 heteroatoms. The molecular formula is C14H12F3NO4S. The number of benzene rings is 1. The van der Waals surface area contributed by atoms with Crippen LogP contribution in [0.2, 0.25) is 0 Å². The maximum atomic E-state index is 13.2. The molecule has 2 aromatic rings. The van der Waals surface area contributed by atoms with Gasteiger partial charge in [0.1, 0.15) is 0 Å². The molecule has 0 atom stereocenters. The van der Waals surface area contributed by atoms with E-state index in [0.29, 0.717) is 12.1 Å². The first kappa shape index (κ1) is 17.1. The fourth-order valence-corrected chi connectivity index (χ4v) is 2.95. The summed E-state index contributed by atoms with van der Waals surface area (Å²) in [6.07, 6.45) is -1.19. The predicted octanol–water partition coefficient (Wildman–Crippen LogP) is 2.69. The van der Waals surface area contributed by atoms with Gasteiger partial charge in [0.2, 0.25) is 0 Å². The summed E-state index contributed by atoms with van der Waals surface area (Å²) in [4.78, 5) is 11.2. The third-order valence-corrected chi connectivity index (χ3v) is 4.22. The Bertz CT molecular complexity index is 840. The van der Waals surface area contributed by atoms with Crippen LogP contribution in [0.4, 0.5) is 13.2 Å². The second-order valence-corrected chi connectivity index (χ2v) is 6.70. The van der Waals surface area contributed by atoms with Crippen LogP contribution in [0.5, 0.6) is 0 Å². The number of sulfone groups is 1. The lowest BCUT2D eigenvalue weighted by Gasteiger charge is -2.17. The molecule has 1 aromatic heterocycles. The van der Waals surface area contributed by atoms with Gasteiger partial charge in [0.05, 0.1) is 28.8 Å². The van der Waals surface area contributed by atoms with Crippen molar-refractivity contribution in [3.8, 4) is 5.69 Å². The van der Waals surface area contributed by atoms with E-state index in [9.17, 15) is 26.4 Å². The van der Waals surface area contributed by atoms with Gasteiger partial charge in [-0.3, -0.25) is 0 Å². The Morgan fingerprint density at radius 1 is 1.17 bits per heavy atom. The SMILES string of the molecule is COC(=O)c1cc(S(C)(=O)=O)c(-n2cccc2)cc1C(F)(F)F. The third-order valence-electron chi connectivity index (χ3n) is 3.09. The van der Waals surface area contributed by atoms with Crippen LogP contribution in [0.1, 0.15) is 15.9 Å². The minimum atomic E-state index is -4.85. The molecule has 0 fully saturated rings. The number of aromatic nitrogens is 1. The monoisotopic (exact) mass is 347 g/mol. The zero-order chi connectivity index (χ0) is 17.4. The van der Waals surface area contributed by atoms with Crippen molar-refractivity contribution < 1.29 is 31.1 Å². The van der Waals surface area contributed by atoms with E-state index in [4.69, 9.17) is 0 Å². The normalized spacial score (nSPS) is 12.2. The van der Waals surface area contributed by atoms with Crippen molar-refractivity contribution in [2.75, 3.05) is 13.4 Å². The molecule has 0 bridgehead atoms. The van der Waals surface area contributed by atoms with Gasteiger partial charge in [-0.1, -0.05) is 0 Å². The molecule has 0 radical (unpaired) electrons. The van der Waals surface area contributed by atoms with Gasteiger partial charge in [0.15, 0.2) is 9.84 Å². The van der Waals surface area contributed by atoms with Crippen LogP contribution in [0.25, 0.3) is 5.69 Å². The highest BCUT2D eigenvalue weighted by Gasteiger charge is 2.37. The summed E-state index contributed by atoms with van der Waals surface area (Å²) in [6, 6.07) is 4.39. The number of methoxy groups -OCH3 is 1. The number of esters is 1. The summed E-state index contributed by atoms with van der Waals surface area (Å²) >= 11 is 0. The van der Waals surface area contributed by atoms with Crippen LogP contribution >= 0.6 is 0 Å². The Morgan fingerprint density at radius 3 is 2.17 bits per heavy atom. The molecule has 0 N–H and O–H groups in total. The zero-order valence-corrected chi connectivity index (χ0v) is 12.9. The number of hydrogen-bond donors (Lipinski definition) is 0. The van der Waals surface area contributed by atoms with E-state index < -0.39 is 38.0 Å². The molecule has 1 aromatic carbocycles. The Labute approximate surface area is 130 Å².